The van der Waals surface area contributed by atoms with Crippen LogP contribution in [0.15, 0.2) is 33.0 Å². The number of nitrogen functional groups attached to an aromatic ring is 3. The zero-order valence-electron chi connectivity index (χ0n) is 20.9. The second kappa shape index (κ2) is 11.2. The number of anilines is 3. The van der Waals surface area contributed by atoms with Crippen LogP contribution in [0.5, 0.6) is 0 Å². The highest BCUT2D eigenvalue weighted by Gasteiger charge is 2.54. The van der Waals surface area contributed by atoms with Crippen molar-refractivity contribution in [2.45, 2.75) is 36.0 Å². The number of aliphatic carboxylic acids is 2. The number of carboxylic acids is 2. The van der Waals surface area contributed by atoms with Gasteiger partial charge < -0.3 is 37.6 Å². The topological polar surface area (TPSA) is 262 Å². The number of oxime groups is 1. The molecule has 0 radical (unpaired) electrons. The molecule has 4 rings (SSSR count). The Morgan fingerprint density at radius 3 is 2.48 bits per heavy atom. The van der Waals surface area contributed by atoms with Gasteiger partial charge in [-0.15, -0.1) is 23.1 Å². The van der Waals surface area contributed by atoms with Gasteiger partial charge in [-0.05, 0) is 19.4 Å². The number of nitrogens with two attached hydrogens (primary N) is 3. The van der Waals surface area contributed by atoms with Crippen molar-refractivity contribution in [1.29, 1.82) is 0 Å². The normalized spacial score (nSPS) is 19.1. The summed E-state index contributed by atoms with van der Waals surface area (Å²) in [7, 11) is 0. The Balaban J connectivity index is 1.52. The Hall–Kier alpha value is -4.10. The highest BCUT2D eigenvalue weighted by molar-refractivity contribution is 8.01. The van der Waals surface area contributed by atoms with Gasteiger partial charge in [0.25, 0.3) is 11.8 Å². The van der Waals surface area contributed by atoms with E-state index in [4.69, 9.17) is 22.0 Å². The predicted octanol–water partition coefficient (Wildman–Crippen LogP) is -0.205. The van der Waals surface area contributed by atoms with E-state index < -0.39 is 46.5 Å². The number of carbonyl (C=O) groups excluding carboxylic acids is 2. The molecule has 2 unspecified atom stereocenters. The second-order valence-electron chi connectivity index (χ2n) is 8.82. The first kappa shape index (κ1) is 28.9. The van der Waals surface area contributed by atoms with Crippen molar-refractivity contribution in [3.05, 3.63) is 28.4 Å². The lowest BCUT2D eigenvalue weighted by molar-refractivity contribution is -0.161. The van der Waals surface area contributed by atoms with Gasteiger partial charge in [-0.2, -0.15) is 0 Å². The third-order valence-corrected chi connectivity index (χ3v) is 8.46. The second-order valence-corrected chi connectivity index (χ2v) is 11.8. The molecule has 19 heteroatoms. The first-order valence-corrected chi connectivity index (χ1v) is 14.1. The van der Waals surface area contributed by atoms with E-state index >= 15 is 0 Å². The molecule has 1 saturated heterocycles. The van der Waals surface area contributed by atoms with Crippen LogP contribution in [0.25, 0.3) is 0 Å². The van der Waals surface area contributed by atoms with E-state index in [0.717, 1.165) is 28.0 Å². The number of nitrogens with one attached hydrogen (secondary N) is 1. The third kappa shape index (κ3) is 5.89. The molecular weight excluding hydrogens is 586 g/mol. The fourth-order valence-electron chi connectivity index (χ4n) is 3.48. The maximum absolute atomic E-state index is 13.2. The first-order chi connectivity index (χ1) is 18.8. The van der Waals surface area contributed by atoms with Crippen molar-refractivity contribution < 1.29 is 34.2 Å². The van der Waals surface area contributed by atoms with E-state index in [0.29, 0.717) is 5.57 Å². The fourth-order valence-corrected chi connectivity index (χ4v) is 6.39. The highest BCUT2D eigenvalue weighted by atomic mass is 32.2. The molecule has 2 aliphatic rings. The lowest BCUT2D eigenvalue weighted by atomic mass is 10.0. The van der Waals surface area contributed by atoms with E-state index in [1.54, 1.807) is 0 Å². The third-order valence-electron chi connectivity index (χ3n) is 5.52. The summed E-state index contributed by atoms with van der Waals surface area (Å²) >= 11 is 3.39. The van der Waals surface area contributed by atoms with Crippen LogP contribution in [-0.4, -0.2) is 88.1 Å². The number of hydrogen-bond acceptors (Lipinski definition) is 15. The van der Waals surface area contributed by atoms with E-state index in [-0.39, 0.29) is 44.8 Å². The number of carboxylic acid groups (broad SMARTS) is 2. The van der Waals surface area contributed by atoms with Crippen molar-refractivity contribution in [3.8, 4) is 0 Å². The Morgan fingerprint density at radius 1 is 1.23 bits per heavy atom. The zero-order chi connectivity index (χ0) is 29.4. The van der Waals surface area contributed by atoms with Gasteiger partial charge in [0.1, 0.15) is 34.4 Å². The SMILES string of the molecule is CC(C)(O/N=C(\C(=O)NC1C(=O)N2C(C(=O)O)=C(CSc3nc(N)cc(N)n3)CSC12)c1csc(N)n1)C(=O)O. The van der Waals surface area contributed by atoms with Gasteiger partial charge in [0.05, 0.1) is 0 Å². The lowest BCUT2D eigenvalue weighted by Gasteiger charge is -2.49. The summed E-state index contributed by atoms with van der Waals surface area (Å²) in [6.07, 6.45) is 0. The van der Waals surface area contributed by atoms with Crippen molar-refractivity contribution in [3.63, 3.8) is 0 Å². The average Bonchev–Trinajstić information content (AvgIpc) is 3.30. The molecule has 0 aromatic carbocycles. The van der Waals surface area contributed by atoms with Crippen molar-refractivity contribution in [1.82, 2.24) is 25.2 Å². The molecule has 2 atom stereocenters. The number of thioether (sulfide) groups is 2. The van der Waals surface area contributed by atoms with E-state index in [2.05, 4.69) is 25.4 Å². The summed E-state index contributed by atoms with van der Waals surface area (Å²) in [4.78, 5) is 68.1. The Kier molecular flexibility index (Phi) is 8.08. The minimum atomic E-state index is -1.77. The van der Waals surface area contributed by atoms with E-state index in [1.165, 1.54) is 37.1 Å². The maximum atomic E-state index is 13.2. The number of nitrogens with zero attached hydrogens (tertiary/aromatic N) is 5. The summed E-state index contributed by atoms with van der Waals surface area (Å²) in [5.41, 5.74) is 15.1. The van der Waals surface area contributed by atoms with Crippen LogP contribution in [0.2, 0.25) is 0 Å². The minimum absolute atomic E-state index is 0.0101. The van der Waals surface area contributed by atoms with Crippen LogP contribution < -0.4 is 22.5 Å². The molecule has 1 fully saturated rings. The number of carbonyl (C=O) groups is 4. The Labute approximate surface area is 238 Å². The van der Waals surface area contributed by atoms with Crippen LogP contribution >= 0.6 is 34.9 Å². The monoisotopic (exact) mass is 609 g/mol. The molecule has 0 spiro atoms. The number of rotatable bonds is 10. The molecule has 2 aliphatic heterocycles. The number of hydrogen-bond donors (Lipinski definition) is 6. The quantitative estimate of drug-likeness (QED) is 0.0669. The van der Waals surface area contributed by atoms with Crippen LogP contribution in [0.1, 0.15) is 19.5 Å². The van der Waals surface area contributed by atoms with Crippen LogP contribution in [0.4, 0.5) is 16.8 Å². The molecule has 0 saturated carbocycles. The molecule has 2 amide bonds. The molecule has 4 heterocycles. The van der Waals surface area contributed by atoms with Gasteiger partial charge in [0, 0.05) is 23.0 Å². The van der Waals surface area contributed by atoms with Gasteiger partial charge in [0.15, 0.2) is 16.0 Å². The fraction of sp³-hybridized carbons (Fsp3) is 0.333. The number of aromatic nitrogens is 3. The van der Waals surface area contributed by atoms with Gasteiger partial charge in [-0.3, -0.25) is 14.5 Å². The maximum Gasteiger partial charge on any atom is 0.352 e. The summed E-state index contributed by atoms with van der Waals surface area (Å²) in [5.74, 6) is -3.45. The highest BCUT2D eigenvalue weighted by Crippen LogP contribution is 2.41. The van der Waals surface area contributed by atoms with Gasteiger partial charge >= 0.3 is 11.9 Å². The molecular formula is C21H23N9O7S3. The largest absolute Gasteiger partial charge is 0.478 e. The Bertz CT molecular complexity index is 1440. The molecule has 2 aromatic rings. The van der Waals surface area contributed by atoms with E-state index in [1.807, 2.05) is 0 Å². The smallest absolute Gasteiger partial charge is 0.352 e. The number of thiazole rings is 1. The average molecular weight is 610 g/mol. The number of β-lactam (4-membered cyclic amide) rings is 1. The minimum Gasteiger partial charge on any atom is -0.478 e. The van der Waals surface area contributed by atoms with Crippen LogP contribution in [0.3, 0.4) is 0 Å². The molecule has 0 aliphatic carbocycles. The molecule has 40 heavy (non-hydrogen) atoms. The lowest BCUT2D eigenvalue weighted by Crippen LogP contribution is -2.71. The summed E-state index contributed by atoms with van der Waals surface area (Å²) in [5, 5.41) is 26.5. The summed E-state index contributed by atoms with van der Waals surface area (Å²) in [6.45, 7) is 2.47. The van der Waals surface area contributed by atoms with Gasteiger partial charge in [-0.1, -0.05) is 16.9 Å². The molecule has 2 aromatic heterocycles. The van der Waals surface area contributed by atoms with Crippen LogP contribution in [0, 0.1) is 0 Å². The Morgan fingerprint density at radius 2 is 1.90 bits per heavy atom. The number of fused-ring (bicyclic) bond motifs is 1. The predicted molar refractivity (Wildman–Crippen MR) is 147 cm³/mol. The zero-order valence-corrected chi connectivity index (χ0v) is 23.3. The summed E-state index contributed by atoms with van der Waals surface area (Å²) < 4.78 is 0. The molecule has 0 bridgehead atoms. The first-order valence-electron chi connectivity index (χ1n) is 11.2. The van der Waals surface area contributed by atoms with E-state index in [9.17, 15) is 29.4 Å². The van der Waals surface area contributed by atoms with Gasteiger partial charge in [-0.25, -0.2) is 24.5 Å². The van der Waals surface area contributed by atoms with Crippen molar-refractivity contribution in [2.24, 2.45) is 5.16 Å². The van der Waals surface area contributed by atoms with Gasteiger partial charge in [0.2, 0.25) is 5.60 Å². The van der Waals surface area contributed by atoms with Crippen LogP contribution in [-0.2, 0) is 24.0 Å². The molecule has 16 nitrogen and oxygen atoms in total. The van der Waals surface area contributed by atoms with Crippen molar-refractivity contribution >= 4 is 81.1 Å². The van der Waals surface area contributed by atoms with Crippen molar-refractivity contribution in [2.75, 3.05) is 28.7 Å². The molecule has 9 N–H and O–H groups in total. The molecule has 212 valence electrons. The number of amides is 2. The standard InChI is InChI=1S/C21H23N9O7S3/c1-21(2,18(35)36)37-29-11(8-6-39-19(24)25-8)14(31)28-12-15(32)30-13(17(33)34)7(4-38-16(12)30)5-40-20-26-9(22)3-10(23)27-20/h3,6,12,16H,4-5H2,1-2H3,(H2,24,25)(H,28,31)(H,33,34)(H,35,36)(H4,22,23,26,27)/b29-11-. The summed E-state index contributed by atoms with van der Waals surface area (Å²) in [6, 6.07) is 0.297.